The van der Waals surface area contributed by atoms with E-state index in [1.54, 1.807) is 0 Å². The number of ketones is 1. The Morgan fingerprint density at radius 2 is 1.81 bits per heavy atom. The summed E-state index contributed by atoms with van der Waals surface area (Å²) in [4.78, 5) is 11.1. The van der Waals surface area contributed by atoms with Gasteiger partial charge in [0.1, 0.15) is 5.78 Å². The zero-order valence-electron chi connectivity index (χ0n) is 10.6. The second-order valence-electron chi connectivity index (χ2n) is 4.64. The SMILES string of the molecule is CCC(=O)CCCc1ccc(C(C)C)cc1. The predicted octanol–water partition coefficient (Wildman–Crippen LogP) is 4.11. The molecule has 0 N–H and O–H groups in total. The largest absolute Gasteiger partial charge is 0.300 e. The topological polar surface area (TPSA) is 17.1 Å². The molecule has 0 aliphatic carbocycles. The number of hydrogen-bond acceptors (Lipinski definition) is 1. The van der Waals surface area contributed by atoms with E-state index in [1.165, 1.54) is 11.1 Å². The van der Waals surface area contributed by atoms with Crippen LogP contribution in [0.15, 0.2) is 24.3 Å². The van der Waals surface area contributed by atoms with E-state index in [2.05, 4.69) is 38.1 Å². The molecule has 0 amide bonds. The van der Waals surface area contributed by atoms with Gasteiger partial charge in [-0.25, -0.2) is 0 Å². The molecule has 0 atom stereocenters. The molecule has 1 nitrogen and oxygen atoms in total. The van der Waals surface area contributed by atoms with Crippen LogP contribution < -0.4 is 0 Å². The summed E-state index contributed by atoms with van der Waals surface area (Å²) in [7, 11) is 0. The summed E-state index contributed by atoms with van der Waals surface area (Å²) in [6.45, 7) is 6.34. The molecule has 0 aliphatic heterocycles. The Bertz CT molecular complexity index is 322. The second-order valence-corrected chi connectivity index (χ2v) is 4.64. The number of aryl methyl sites for hydroxylation is 1. The van der Waals surface area contributed by atoms with Crippen molar-refractivity contribution in [3.8, 4) is 0 Å². The number of Topliss-reactive ketones (excluding diaryl/α,β-unsaturated/α-hetero) is 1. The normalized spacial score (nSPS) is 10.8. The van der Waals surface area contributed by atoms with Gasteiger partial charge in [-0.05, 0) is 29.9 Å². The molecule has 1 heteroatoms. The third-order valence-electron chi connectivity index (χ3n) is 2.96. The summed E-state index contributed by atoms with van der Waals surface area (Å²) in [6.07, 6.45) is 3.40. The number of carbonyl (C=O) groups excluding carboxylic acids is 1. The van der Waals surface area contributed by atoms with Crippen molar-refractivity contribution in [2.24, 2.45) is 0 Å². The highest BCUT2D eigenvalue weighted by Gasteiger charge is 2.01. The summed E-state index contributed by atoms with van der Waals surface area (Å²) >= 11 is 0. The maximum absolute atomic E-state index is 11.1. The molecule has 0 aliphatic rings. The molecule has 0 saturated carbocycles. The Hall–Kier alpha value is -1.11. The number of benzene rings is 1. The third kappa shape index (κ3) is 4.18. The van der Waals surface area contributed by atoms with E-state index in [9.17, 15) is 4.79 Å². The van der Waals surface area contributed by atoms with Gasteiger partial charge in [-0.15, -0.1) is 0 Å². The summed E-state index contributed by atoms with van der Waals surface area (Å²) in [5, 5.41) is 0. The summed E-state index contributed by atoms with van der Waals surface area (Å²) in [6, 6.07) is 8.76. The highest BCUT2D eigenvalue weighted by Crippen LogP contribution is 2.15. The Balaban J connectivity index is 2.40. The number of rotatable bonds is 6. The molecule has 0 heterocycles. The van der Waals surface area contributed by atoms with E-state index in [0.717, 1.165) is 19.3 Å². The standard InChI is InChI=1S/C15H22O/c1-4-15(16)7-5-6-13-8-10-14(11-9-13)12(2)3/h8-12H,4-7H2,1-3H3. The van der Waals surface area contributed by atoms with Crippen LogP contribution in [0.5, 0.6) is 0 Å². The van der Waals surface area contributed by atoms with Crippen LogP contribution in [0.3, 0.4) is 0 Å². The van der Waals surface area contributed by atoms with E-state index >= 15 is 0 Å². The first-order valence-electron chi connectivity index (χ1n) is 6.24. The van der Waals surface area contributed by atoms with E-state index in [-0.39, 0.29) is 0 Å². The monoisotopic (exact) mass is 218 g/mol. The van der Waals surface area contributed by atoms with Gasteiger partial charge in [0.05, 0.1) is 0 Å². The molecule has 1 aromatic rings. The molecule has 0 aromatic heterocycles. The Morgan fingerprint density at radius 1 is 1.19 bits per heavy atom. The zero-order chi connectivity index (χ0) is 12.0. The van der Waals surface area contributed by atoms with Crippen LogP contribution in [0.1, 0.15) is 57.1 Å². The molecule has 88 valence electrons. The van der Waals surface area contributed by atoms with Crippen molar-refractivity contribution < 1.29 is 4.79 Å². The number of hydrogen-bond donors (Lipinski definition) is 0. The van der Waals surface area contributed by atoms with Crippen molar-refractivity contribution in [1.82, 2.24) is 0 Å². The molecular weight excluding hydrogens is 196 g/mol. The third-order valence-corrected chi connectivity index (χ3v) is 2.96. The first kappa shape index (κ1) is 13.0. The predicted molar refractivity (Wildman–Crippen MR) is 68.8 cm³/mol. The summed E-state index contributed by atoms with van der Waals surface area (Å²) < 4.78 is 0. The van der Waals surface area contributed by atoms with Crippen LogP contribution in [0.25, 0.3) is 0 Å². The fourth-order valence-corrected chi connectivity index (χ4v) is 1.74. The van der Waals surface area contributed by atoms with Crippen molar-refractivity contribution in [3.63, 3.8) is 0 Å². The molecule has 1 rings (SSSR count). The zero-order valence-corrected chi connectivity index (χ0v) is 10.6. The lowest BCUT2D eigenvalue weighted by molar-refractivity contribution is -0.118. The van der Waals surface area contributed by atoms with E-state index in [0.29, 0.717) is 18.1 Å². The lowest BCUT2D eigenvalue weighted by Crippen LogP contribution is -1.96. The van der Waals surface area contributed by atoms with Crippen molar-refractivity contribution in [3.05, 3.63) is 35.4 Å². The molecular formula is C15H22O. The summed E-state index contributed by atoms with van der Waals surface area (Å²) in [5.41, 5.74) is 2.72. The van der Waals surface area contributed by atoms with Gasteiger partial charge < -0.3 is 0 Å². The van der Waals surface area contributed by atoms with Crippen LogP contribution in [0.2, 0.25) is 0 Å². The smallest absolute Gasteiger partial charge is 0.132 e. The van der Waals surface area contributed by atoms with Gasteiger partial charge in [-0.1, -0.05) is 45.0 Å². The fourth-order valence-electron chi connectivity index (χ4n) is 1.74. The average Bonchev–Trinajstić information content (AvgIpc) is 2.29. The van der Waals surface area contributed by atoms with E-state index in [4.69, 9.17) is 0 Å². The molecule has 16 heavy (non-hydrogen) atoms. The maximum Gasteiger partial charge on any atom is 0.132 e. The van der Waals surface area contributed by atoms with Crippen LogP contribution >= 0.6 is 0 Å². The van der Waals surface area contributed by atoms with Crippen LogP contribution in [-0.4, -0.2) is 5.78 Å². The fraction of sp³-hybridized carbons (Fsp3) is 0.533. The van der Waals surface area contributed by atoms with Crippen LogP contribution in [-0.2, 0) is 11.2 Å². The molecule has 0 fully saturated rings. The molecule has 0 saturated heterocycles. The first-order valence-corrected chi connectivity index (χ1v) is 6.24. The highest BCUT2D eigenvalue weighted by molar-refractivity contribution is 5.77. The minimum atomic E-state index is 0.374. The van der Waals surface area contributed by atoms with Gasteiger partial charge in [-0.3, -0.25) is 4.79 Å². The molecule has 0 spiro atoms. The number of carbonyl (C=O) groups is 1. The van der Waals surface area contributed by atoms with E-state index < -0.39 is 0 Å². The average molecular weight is 218 g/mol. The van der Waals surface area contributed by atoms with Crippen molar-refractivity contribution in [2.45, 2.75) is 52.4 Å². The first-order chi connectivity index (χ1) is 7.63. The second kappa shape index (κ2) is 6.47. The van der Waals surface area contributed by atoms with Gasteiger partial charge in [0, 0.05) is 12.8 Å². The van der Waals surface area contributed by atoms with Gasteiger partial charge in [0.15, 0.2) is 0 Å². The van der Waals surface area contributed by atoms with Gasteiger partial charge >= 0.3 is 0 Å². The van der Waals surface area contributed by atoms with Gasteiger partial charge in [0.2, 0.25) is 0 Å². The van der Waals surface area contributed by atoms with Crippen LogP contribution in [0.4, 0.5) is 0 Å². The van der Waals surface area contributed by atoms with Crippen molar-refractivity contribution >= 4 is 5.78 Å². The van der Waals surface area contributed by atoms with Crippen molar-refractivity contribution in [1.29, 1.82) is 0 Å². The Kier molecular flexibility index (Phi) is 5.24. The van der Waals surface area contributed by atoms with Gasteiger partial charge in [-0.2, -0.15) is 0 Å². The lowest BCUT2D eigenvalue weighted by atomic mass is 9.99. The van der Waals surface area contributed by atoms with Gasteiger partial charge in [0.25, 0.3) is 0 Å². The molecule has 0 radical (unpaired) electrons. The molecule has 1 aromatic carbocycles. The maximum atomic E-state index is 11.1. The molecule has 0 unspecified atom stereocenters. The minimum absolute atomic E-state index is 0.374. The lowest BCUT2D eigenvalue weighted by Gasteiger charge is -2.06. The Morgan fingerprint density at radius 3 is 2.31 bits per heavy atom. The Labute approximate surface area is 98.9 Å². The highest BCUT2D eigenvalue weighted by atomic mass is 16.1. The summed E-state index contributed by atoms with van der Waals surface area (Å²) in [5.74, 6) is 0.967. The van der Waals surface area contributed by atoms with E-state index in [1.807, 2.05) is 6.92 Å². The van der Waals surface area contributed by atoms with Crippen molar-refractivity contribution in [2.75, 3.05) is 0 Å². The molecule has 0 bridgehead atoms. The minimum Gasteiger partial charge on any atom is -0.300 e. The quantitative estimate of drug-likeness (QED) is 0.702. The van der Waals surface area contributed by atoms with Crippen LogP contribution in [0, 0.1) is 0 Å².